The van der Waals surface area contributed by atoms with Crippen LogP contribution in [-0.2, 0) is 6.54 Å². The molecule has 0 saturated heterocycles. The third kappa shape index (κ3) is 2.01. The first kappa shape index (κ1) is 10.5. The molecule has 0 spiro atoms. The highest BCUT2D eigenvalue weighted by atomic mass is 35.5. The fourth-order valence-corrected chi connectivity index (χ4v) is 2.08. The van der Waals surface area contributed by atoms with Gasteiger partial charge < -0.3 is 10.3 Å². The molecule has 0 bridgehead atoms. The van der Waals surface area contributed by atoms with E-state index in [-0.39, 0.29) is 0 Å². The number of rotatable bonds is 3. The Balaban J connectivity index is 2.48. The van der Waals surface area contributed by atoms with Gasteiger partial charge in [0.05, 0.1) is 5.02 Å². The molecule has 0 fully saturated rings. The molecule has 2 N–H and O–H groups in total. The summed E-state index contributed by atoms with van der Waals surface area (Å²) in [6.07, 6.45) is 2.97. The molecule has 1 aromatic heterocycles. The van der Waals surface area contributed by atoms with E-state index in [4.69, 9.17) is 17.3 Å². The molecule has 0 saturated carbocycles. The van der Waals surface area contributed by atoms with Crippen molar-refractivity contribution >= 4 is 22.5 Å². The second kappa shape index (κ2) is 4.25. The average Bonchev–Trinajstić information content (AvgIpc) is 2.53. The number of aryl methyl sites for hydroxylation is 2. The van der Waals surface area contributed by atoms with Crippen LogP contribution in [0.15, 0.2) is 24.4 Å². The van der Waals surface area contributed by atoms with Crippen molar-refractivity contribution in [3.05, 3.63) is 35.0 Å². The molecule has 0 amide bonds. The van der Waals surface area contributed by atoms with E-state index in [9.17, 15) is 0 Å². The highest BCUT2D eigenvalue weighted by Crippen LogP contribution is 2.26. The first-order chi connectivity index (χ1) is 7.22. The Morgan fingerprint density at radius 1 is 1.40 bits per heavy atom. The van der Waals surface area contributed by atoms with Gasteiger partial charge in [-0.2, -0.15) is 0 Å². The summed E-state index contributed by atoms with van der Waals surface area (Å²) in [6.45, 7) is 3.72. The van der Waals surface area contributed by atoms with Crippen molar-refractivity contribution in [3.8, 4) is 0 Å². The molecule has 0 aliphatic heterocycles. The molecular formula is C12H15ClN2. The van der Waals surface area contributed by atoms with E-state index in [0.29, 0.717) is 6.54 Å². The molecule has 0 unspecified atom stereocenters. The van der Waals surface area contributed by atoms with E-state index >= 15 is 0 Å². The van der Waals surface area contributed by atoms with E-state index in [1.165, 1.54) is 11.1 Å². The van der Waals surface area contributed by atoms with E-state index in [1.807, 2.05) is 6.20 Å². The van der Waals surface area contributed by atoms with Gasteiger partial charge in [0.25, 0.3) is 0 Å². The number of benzene rings is 1. The van der Waals surface area contributed by atoms with Crippen molar-refractivity contribution < 1.29 is 0 Å². The van der Waals surface area contributed by atoms with Crippen molar-refractivity contribution in [2.24, 2.45) is 5.73 Å². The Morgan fingerprint density at radius 3 is 2.93 bits per heavy atom. The largest absolute Gasteiger partial charge is 0.346 e. The van der Waals surface area contributed by atoms with Gasteiger partial charge >= 0.3 is 0 Å². The van der Waals surface area contributed by atoms with E-state index < -0.39 is 0 Å². The lowest BCUT2D eigenvalue weighted by Crippen LogP contribution is -2.04. The number of hydrogen-bond donors (Lipinski definition) is 1. The van der Waals surface area contributed by atoms with E-state index in [2.05, 4.69) is 29.7 Å². The van der Waals surface area contributed by atoms with Gasteiger partial charge in [0.1, 0.15) is 0 Å². The van der Waals surface area contributed by atoms with Gasteiger partial charge in [-0.3, -0.25) is 0 Å². The maximum Gasteiger partial charge on any atom is 0.0661 e. The number of nitrogens with zero attached hydrogens (tertiary/aromatic N) is 1. The molecule has 2 nitrogen and oxygen atoms in total. The lowest BCUT2D eigenvalue weighted by atomic mass is 10.2. The van der Waals surface area contributed by atoms with Crippen LogP contribution in [0.5, 0.6) is 0 Å². The van der Waals surface area contributed by atoms with Gasteiger partial charge in [-0.1, -0.05) is 23.2 Å². The van der Waals surface area contributed by atoms with Crippen LogP contribution in [-0.4, -0.2) is 11.1 Å². The van der Waals surface area contributed by atoms with Crippen LogP contribution in [0.3, 0.4) is 0 Å². The van der Waals surface area contributed by atoms with Crippen LogP contribution >= 0.6 is 11.6 Å². The summed E-state index contributed by atoms with van der Waals surface area (Å²) in [5, 5.41) is 1.96. The van der Waals surface area contributed by atoms with Gasteiger partial charge in [0, 0.05) is 23.6 Å². The van der Waals surface area contributed by atoms with Gasteiger partial charge in [-0.15, -0.1) is 0 Å². The molecule has 15 heavy (non-hydrogen) atoms. The molecular weight excluding hydrogens is 208 g/mol. The predicted molar refractivity (Wildman–Crippen MR) is 65.4 cm³/mol. The van der Waals surface area contributed by atoms with Gasteiger partial charge in [0.2, 0.25) is 0 Å². The van der Waals surface area contributed by atoms with Crippen LogP contribution < -0.4 is 5.73 Å². The normalized spacial score (nSPS) is 11.1. The fourth-order valence-electron chi connectivity index (χ4n) is 1.81. The molecule has 0 atom stereocenters. The quantitative estimate of drug-likeness (QED) is 0.851. The zero-order chi connectivity index (χ0) is 10.8. The topological polar surface area (TPSA) is 30.9 Å². The molecule has 80 valence electrons. The summed E-state index contributed by atoms with van der Waals surface area (Å²) in [5.41, 5.74) is 7.94. The standard InChI is InChI=1S/C12H15ClN2/c1-9-3-4-12-10(7-9)11(13)8-15(12)6-2-5-14/h3-4,7-8H,2,5-6,14H2,1H3. The zero-order valence-electron chi connectivity index (χ0n) is 8.83. The van der Waals surface area contributed by atoms with Crippen LogP contribution in [0, 0.1) is 6.92 Å². The fraction of sp³-hybridized carbons (Fsp3) is 0.333. The SMILES string of the molecule is Cc1ccc2c(c1)c(Cl)cn2CCCN. The third-order valence-electron chi connectivity index (χ3n) is 2.59. The first-order valence-electron chi connectivity index (χ1n) is 5.17. The first-order valence-corrected chi connectivity index (χ1v) is 5.55. The summed E-state index contributed by atoms with van der Waals surface area (Å²) in [4.78, 5) is 0. The molecule has 0 aliphatic rings. The molecule has 3 heteroatoms. The maximum absolute atomic E-state index is 6.18. The molecule has 0 radical (unpaired) electrons. The van der Waals surface area contributed by atoms with Crippen molar-refractivity contribution in [1.82, 2.24) is 4.57 Å². The summed E-state index contributed by atoms with van der Waals surface area (Å²) >= 11 is 6.18. The average molecular weight is 223 g/mol. The number of hydrogen-bond acceptors (Lipinski definition) is 1. The third-order valence-corrected chi connectivity index (χ3v) is 2.89. The Kier molecular flexibility index (Phi) is 2.98. The van der Waals surface area contributed by atoms with E-state index in [0.717, 1.165) is 23.4 Å². The van der Waals surface area contributed by atoms with E-state index in [1.54, 1.807) is 0 Å². The van der Waals surface area contributed by atoms with Crippen LogP contribution in [0.4, 0.5) is 0 Å². The van der Waals surface area contributed by atoms with Crippen LogP contribution in [0.25, 0.3) is 10.9 Å². The second-order valence-electron chi connectivity index (χ2n) is 3.83. The minimum atomic E-state index is 0.711. The second-order valence-corrected chi connectivity index (χ2v) is 4.24. The summed E-state index contributed by atoms with van der Waals surface area (Å²) in [7, 11) is 0. The number of fused-ring (bicyclic) bond motifs is 1. The summed E-state index contributed by atoms with van der Waals surface area (Å²) in [6, 6.07) is 6.35. The lowest BCUT2D eigenvalue weighted by molar-refractivity contribution is 0.671. The number of nitrogens with two attached hydrogens (primary N) is 1. The highest BCUT2D eigenvalue weighted by molar-refractivity contribution is 6.35. The van der Waals surface area contributed by atoms with Crippen LogP contribution in [0.1, 0.15) is 12.0 Å². The molecule has 1 aromatic carbocycles. The Labute approximate surface area is 94.6 Å². The Bertz CT molecular complexity index is 474. The monoisotopic (exact) mass is 222 g/mol. The Morgan fingerprint density at radius 2 is 2.20 bits per heavy atom. The summed E-state index contributed by atoms with van der Waals surface area (Å²) in [5.74, 6) is 0. The highest BCUT2D eigenvalue weighted by Gasteiger charge is 2.05. The smallest absolute Gasteiger partial charge is 0.0661 e. The molecule has 1 heterocycles. The van der Waals surface area contributed by atoms with Crippen molar-refractivity contribution in [2.45, 2.75) is 19.9 Å². The lowest BCUT2D eigenvalue weighted by Gasteiger charge is -2.03. The van der Waals surface area contributed by atoms with Gasteiger partial charge in [-0.25, -0.2) is 0 Å². The zero-order valence-corrected chi connectivity index (χ0v) is 9.59. The van der Waals surface area contributed by atoms with Crippen LogP contribution in [0.2, 0.25) is 5.02 Å². The van der Waals surface area contributed by atoms with Crippen molar-refractivity contribution in [2.75, 3.05) is 6.54 Å². The Hall–Kier alpha value is -0.990. The van der Waals surface area contributed by atoms with Crippen molar-refractivity contribution in [3.63, 3.8) is 0 Å². The molecule has 0 aliphatic carbocycles. The molecule has 2 rings (SSSR count). The van der Waals surface area contributed by atoms with Crippen molar-refractivity contribution in [1.29, 1.82) is 0 Å². The minimum absolute atomic E-state index is 0.711. The number of halogens is 1. The maximum atomic E-state index is 6.18. The van der Waals surface area contributed by atoms with Gasteiger partial charge in [-0.05, 0) is 32.0 Å². The minimum Gasteiger partial charge on any atom is -0.346 e. The summed E-state index contributed by atoms with van der Waals surface area (Å²) < 4.78 is 2.17. The number of aromatic nitrogens is 1. The predicted octanol–water partition coefficient (Wildman–Crippen LogP) is 2.95. The molecule has 2 aromatic rings. The van der Waals surface area contributed by atoms with Gasteiger partial charge in [0.15, 0.2) is 0 Å².